The molecule has 2 N–H and O–H groups in total. The number of aryl methyl sites for hydroxylation is 2. The lowest BCUT2D eigenvalue weighted by atomic mass is 10.2. The zero-order chi connectivity index (χ0) is 14.5. The van der Waals surface area contributed by atoms with Crippen LogP contribution < -0.4 is 10.6 Å². The van der Waals surface area contributed by atoms with Crippen LogP contribution in [0.25, 0.3) is 0 Å². The summed E-state index contributed by atoms with van der Waals surface area (Å²) < 4.78 is 1.88. The Morgan fingerprint density at radius 3 is 2.85 bits per heavy atom. The van der Waals surface area contributed by atoms with Gasteiger partial charge in [-0.1, -0.05) is 17.7 Å². The van der Waals surface area contributed by atoms with Crippen LogP contribution in [0.4, 0.5) is 5.69 Å². The highest BCUT2D eigenvalue weighted by Gasteiger charge is 2.02. The van der Waals surface area contributed by atoms with Gasteiger partial charge in [-0.15, -0.1) is 0 Å². The third kappa shape index (κ3) is 3.95. The molecule has 1 aromatic heterocycles. The van der Waals surface area contributed by atoms with E-state index in [9.17, 15) is 0 Å². The van der Waals surface area contributed by atoms with Crippen molar-refractivity contribution >= 4 is 34.6 Å². The van der Waals surface area contributed by atoms with Gasteiger partial charge in [-0.05, 0) is 49.8 Å². The molecule has 0 fully saturated rings. The zero-order valence-electron chi connectivity index (χ0n) is 11.5. The Morgan fingerprint density at radius 1 is 1.40 bits per heavy atom. The second-order valence-corrected chi connectivity index (χ2v) is 5.25. The maximum Gasteiger partial charge on any atom is 0.171 e. The highest BCUT2D eigenvalue weighted by molar-refractivity contribution is 7.80. The van der Waals surface area contributed by atoms with Crippen LogP contribution in [0.2, 0.25) is 5.02 Å². The fourth-order valence-electron chi connectivity index (χ4n) is 1.69. The summed E-state index contributed by atoms with van der Waals surface area (Å²) in [7, 11) is 0. The van der Waals surface area contributed by atoms with Crippen molar-refractivity contribution in [2.24, 2.45) is 0 Å². The van der Waals surface area contributed by atoms with Gasteiger partial charge in [0.25, 0.3) is 0 Å². The standard InChI is InChI=1S/C14H17ClN4S/c1-3-19-7-6-12(18-19)9-16-14(20)17-11-5-4-10(2)13(15)8-11/h4-8H,3,9H2,1-2H3,(H2,16,17,20). The topological polar surface area (TPSA) is 41.9 Å². The van der Waals surface area contributed by atoms with Gasteiger partial charge in [0.15, 0.2) is 5.11 Å². The van der Waals surface area contributed by atoms with Gasteiger partial charge in [0.05, 0.1) is 12.2 Å². The number of nitrogens with zero attached hydrogens (tertiary/aromatic N) is 2. The van der Waals surface area contributed by atoms with Gasteiger partial charge in [-0.2, -0.15) is 5.10 Å². The number of benzene rings is 1. The molecule has 0 amide bonds. The fraction of sp³-hybridized carbons (Fsp3) is 0.286. The van der Waals surface area contributed by atoms with E-state index in [1.54, 1.807) is 0 Å². The van der Waals surface area contributed by atoms with Crippen molar-refractivity contribution in [2.75, 3.05) is 5.32 Å². The van der Waals surface area contributed by atoms with Crippen LogP contribution in [0, 0.1) is 6.92 Å². The first-order valence-electron chi connectivity index (χ1n) is 6.42. The normalized spacial score (nSPS) is 10.3. The summed E-state index contributed by atoms with van der Waals surface area (Å²) in [5, 5.41) is 11.9. The minimum atomic E-state index is 0.552. The third-order valence-electron chi connectivity index (χ3n) is 2.88. The van der Waals surface area contributed by atoms with Gasteiger partial charge >= 0.3 is 0 Å². The molecule has 106 valence electrons. The molecule has 1 heterocycles. The summed E-state index contributed by atoms with van der Waals surface area (Å²) in [5.74, 6) is 0. The molecule has 0 saturated heterocycles. The number of halogens is 1. The summed E-state index contributed by atoms with van der Waals surface area (Å²) in [6.07, 6.45) is 1.95. The predicted octanol–water partition coefficient (Wildman–Crippen LogP) is 3.35. The van der Waals surface area contributed by atoms with E-state index in [-0.39, 0.29) is 0 Å². The molecule has 6 heteroatoms. The smallest absolute Gasteiger partial charge is 0.171 e. The molecule has 2 rings (SSSR count). The predicted molar refractivity (Wildman–Crippen MR) is 87.2 cm³/mol. The fourth-order valence-corrected chi connectivity index (χ4v) is 2.06. The summed E-state index contributed by atoms with van der Waals surface area (Å²) in [4.78, 5) is 0. The van der Waals surface area contributed by atoms with Crippen LogP contribution in [-0.2, 0) is 13.1 Å². The minimum absolute atomic E-state index is 0.552. The van der Waals surface area contributed by atoms with Crippen molar-refractivity contribution in [1.29, 1.82) is 0 Å². The lowest BCUT2D eigenvalue weighted by Gasteiger charge is -2.10. The summed E-state index contributed by atoms with van der Waals surface area (Å²) in [5.41, 5.74) is 2.87. The molecule has 20 heavy (non-hydrogen) atoms. The summed E-state index contributed by atoms with van der Waals surface area (Å²) >= 11 is 11.3. The number of hydrogen-bond acceptors (Lipinski definition) is 2. The van der Waals surface area contributed by atoms with E-state index >= 15 is 0 Å². The average molecular weight is 309 g/mol. The number of hydrogen-bond donors (Lipinski definition) is 2. The Kier molecular flexibility index (Phi) is 4.98. The van der Waals surface area contributed by atoms with Gasteiger partial charge in [0, 0.05) is 23.5 Å². The van der Waals surface area contributed by atoms with Crippen molar-refractivity contribution in [3.63, 3.8) is 0 Å². The second kappa shape index (κ2) is 6.72. The quantitative estimate of drug-likeness (QED) is 0.850. The van der Waals surface area contributed by atoms with E-state index in [1.165, 1.54) is 0 Å². The number of nitrogens with one attached hydrogen (secondary N) is 2. The van der Waals surface area contributed by atoms with E-state index < -0.39 is 0 Å². The number of anilines is 1. The zero-order valence-corrected chi connectivity index (χ0v) is 13.1. The molecule has 0 spiro atoms. The van der Waals surface area contributed by atoms with E-state index in [0.717, 1.165) is 28.5 Å². The second-order valence-electron chi connectivity index (χ2n) is 4.43. The van der Waals surface area contributed by atoms with Crippen molar-refractivity contribution in [2.45, 2.75) is 26.9 Å². The van der Waals surface area contributed by atoms with Crippen LogP contribution in [0.5, 0.6) is 0 Å². The number of thiocarbonyl (C=S) groups is 1. The molecule has 0 aliphatic rings. The first-order chi connectivity index (χ1) is 9.58. The Hall–Kier alpha value is -1.59. The number of aromatic nitrogens is 2. The highest BCUT2D eigenvalue weighted by Crippen LogP contribution is 2.19. The minimum Gasteiger partial charge on any atom is -0.357 e. The van der Waals surface area contributed by atoms with Crippen molar-refractivity contribution in [3.05, 3.63) is 46.7 Å². The molecule has 0 atom stereocenters. The monoisotopic (exact) mass is 308 g/mol. The molecular formula is C14H17ClN4S. The molecule has 4 nitrogen and oxygen atoms in total. The average Bonchev–Trinajstić information content (AvgIpc) is 2.89. The lowest BCUT2D eigenvalue weighted by molar-refractivity contribution is 0.643. The van der Waals surface area contributed by atoms with E-state index in [4.69, 9.17) is 23.8 Å². The highest BCUT2D eigenvalue weighted by atomic mass is 35.5. The van der Waals surface area contributed by atoms with Gasteiger partial charge in [-0.25, -0.2) is 0 Å². The molecule has 1 aromatic carbocycles. The molecule has 0 unspecified atom stereocenters. The maximum absolute atomic E-state index is 6.07. The van der Waals surface area contributed by atoms with E-state index in [1.807, 2.05) is 42.1 Å². The molecule has 0 radical (unpaired) electrons. The van der Waals surface area contributed by atoms with Gasteiger partial charge in [-0.3, -0.25) is 4.68 Å². The van der Waals surface area contributed by atoms with Crippen LogP contribution in [0.15, 0.2) is 30.5 Å². The summed E-state index contributed by atoms with van der Waals surface area (Å²) in [6.45, 7) is 5.48. The number of rotatable bonds is 4. The maximum atomic E-state index is 6.07. The van der Waals surface area contributed by atoms with Gasteiger partial charge < -0.3 is 10.6 Å². The van der Waals surface area contributed by atoms with Gasteiger partial charge in [0.1, 0.15) is 0 Å². The first-order valence-corrected chi connectivity index (χ1v) is 7.20. The van der Waals surface area contributed by atoms with Crippen molar-refractivity contribution < 1.29 is 0 Å². The molecule has 0 aliphatic heterocycles. The molecule has 0 aliphatic carbocycles. The van der Waals surface area contributed by atoms with E-state index in [2.05, 4.69) is 22.7 Å². The Balaban J connectivity index is 1.87. The first kappa shape index (κ1) is 14.8. The van der Waals surface area contributed by atoms with Crippen LogP contribution >= 0.6 is 23.8 Å². The third-order valence-corrected chi connectivity index (χ3v) is 3.53. The van der Waals surface area contributed by atoms with Gasteiger partial charge in [0.2, 0.25) is 0 Å². The largest absolute Gasteiger partial charge is 0.357 e. The van der Waals surface area contributed by atoms with Crippen LogP contribution in [0.3, 0.4) is 0 Å². The van der Waals surface area contributed by atoms with Crippen LogP contribution in [-0.4, -0.2) is 14.9 Å². The molecule has 2 aromatic rings. The Bertz CT molecular complexity index is 609. The lowest BCUT2D eigenvalue weighted by Crippen LogP contribution is -2.28. The summed E-state index contributed by atoms with van der Waals surface area (Å²) in [6, 6.07) is 7.73. The van der Waals surface area contributed by atoms with Crippen LogP contribution in [0.1, 0.15) is 18.2 Å². The molecular weight excluding hydrogens is 292 g/mol. The molecule has 0 saturated carbocycles. The SMILES string of the molecule is CCn1ccc(CNC(=S)Nc2ccc(C)c(Cl)c2)n1. The van der Waals surface area contributed by atoms with Crippen molar-refractivity contribution in [3.8, 4) is 0 Å². The van der Waals surface area contributed by atoms with Crippen molar-refractivity contribution in [1.82, 2.24) is 15.1 Å². The van der Waals surface area contributed by atoms with E-state index in [0.29, 0.717) is 11.7 Å². The molecule has 0 bridgehead atoms. The Labute approximate surface area is 129 Å². The Morgan fingerprint density at radius 2 is 2.20 bits per heavy atom.